The molecule has 9 heteroatoms. The van der Waals surface area contributed by atoms with Crippen LogP contribution in [0.25, 0.3) is 0 Å². The molecule has 1 amide bonds. The number of thioether (sulfide) groups is 1. The van der Waals surface area contributed by atoms with Crippen molar-refractivity contribution >= 4 is 23.4 Å². The number of carbonyl (C=O) groups is 1. The molecule has 0 saturated heterocycles. The maximum Gasteiger partial charge on any atom is 0.277 e. The second-order valence-electron chi connectivity index (χ2n) is 5.45. The van der Waals surface area contributed by atoms with E-state index in [1.54, 1.807) is 7.11 Å². The molecule has 1 heterocycles. The van der Waals surface area contributed by atoms with Gasteiger partial charge >= 0.3 is 0 Å². The Morgan fingerprint density at radius 1 is 1.19 bits per heavy atom. The fourth-order valence-electron chi connectivity index (χ4n) is 2.19. The van der Waals surface area contributed by atoms with Crippen molar-refractivity contribution in [1.82, 2.24) is 10.2 Å². The molecule has 0 unspecified atom stereocenters. The normalized spacial score (nSPS) is 10.6. The minimum Gasteiger partial charge on any atom is -0.497 e. The van der Waals surface area contributed by atoms with Crippen molar-refractivity contribution in [1.29, 1.82) is 0 Å². The molecule has 0 saturated carbocycles. The van der Waals surface area contributed by atoms with Crippen molar-refractivity contribution in [2.75, 3.05) is 18.2 Å². The van der Waals surface area contributed by atoms with Gasteiger partial charge in [-0.05, 0) is 29.8 Å². The zero-order chi connectivity index (χ0) is 19.2. The monoisotopic (exact) mass is 391 g/mol. The van der Waals surface area contributed by atoms with E-state index in [9.17, 15) is 13.6 Å². The Morgan fingerprint density at radius 3 is 2.70 bits per heavy atom. The second-order valence-corrected chi connectivity index (χ2v) is 6.37. The van der Waals surface area contributed by atoms with Gasteiger partial charge in [0.1, 0.15) is 17.4 Å². The van der Waals surface area contributed by atoms with E-state index in [1.807, 2.05) is 24.3 Å². The predicted octanol–water partition coefficient (Wildman–Crippen LogP) is 3.68. The van der Waals surface area contributed by atoms with Crippen LogP contribution in [0.4, 0.5) is 14.5 Å². The van der Waals surface area contributed by atoms with Crippen molar-refractivity contribution in [3.8, 4) is 5.75 Å². The molecule has 6 nitrogen and oxygen atoms in total. The summed E-state index contributed by atoms with van der Waals surface area (Å²) in [6, 6.07) is 10.3. The lowest BCUT2D eigenvalue weighted by molar-refractivity contribution is -0.113. The van der Waals surface area contributed by atoms with Gasteiger partial charge in [-0.3, -0.25) is 4.79 Å². The third kappa shape index (κ3) is 5.27. The van der Waals surface area contributed by atoms with Crippen molar-refractivity contribution in [2.45, 2.75) is 11.6 Å². The van der Waals surface area contributed by atoms with E-state index in [0.29, 0.717) is 12.3 Å². The van der Waals surface area contributed by atoms with Crippen LogP contribution >= 0.6 is 11.8 Å². The number of hydrogen-bond acceptors (Lipinski definition) is 6. The molecule has 0 bridgehead atoms. The van der Waals surface area contributed by atoms with Gasteiger partial charge in [-0.1, -0.05) is 23.9 Å². The molecule has 27 heavy (non-hydrogen) atoms. The van der Waals surface area contributed by atoms with E-state index in [-0.39, 0.29) is 16.7 Å². The molecule has 3 aromatic rings. The van der Waals surface area contributed by atoms with E-state index in [4.69, 9.17) is 9.15 Å². The van der Waals surface area contributed by atoms with Crippen LogP contribution in [0, 0.1) is 11.6 Å². The molecule has 0 atom stereocenters. The average Bonchev–Trinajstić information content (AvgIpc) is 3.11. The van der Waals surface area contributed by atoms with Crippen molar-refractivity contribution in [3.63, 3.8) is 0 Å². The van der Waals surface area contributed by atoms with E-state index >= 15 is 0 Å². The fourth-order valence-corrected chi connectivity index (χ4v) is 2.77. The molecular formula is C18H15F2N3O3S. The Kier molecular flexibility index (Phi) is 6.02. The lowest BCUT2D eigenvalue weighted by Gasteiger charge is -2.05. The SMILES string of the molecule is COc1ccc(Cc2nnc(SCC(=O)Nc3cc(F)ccc3F)o2)cc1. The Bertz CT molecular complexity index is 932. The van der Waals surface area contributed by atoms with Gasteiger partial charge in [-0.2, -0.15) is 0 Å². The third-order valence-corrected chi connectivity index (χ3v) is 4.31. The molecule has 2 aromatic carbocycles. The lowest BCUT2D eigenvalue weighted by atomic mass is 10.1. The van der Waals surface area contributed by atoms with Crippen LogP contribution in [0.2, 0.25) is 0 Å². The maximum absolute atomic E-state index is 13.5. The number of nitrogens with zero attached hydrogens (tertiary/aromatic N) is 2. The minimum absolute atomic E-state index is 0.0832. The molecule has 0 spiro atoms. The number of benzene rings is 2. The molecule has 1 aromatic heterocycles. The van der Waals surface area contributed by atoms with Crippen molar-refractivity contribution in [2.24, 2.45) is 0 Å². The summed E-state index contributed by atoms with van der Waals surface area (Å²) in [5, 5.41) is 10.3. The zero-order valence-corrected chi connectivity index (χ0v) is 15.1. The summed E-state index contributed by atoms with van der Waals surface area (Å²) in [7, 11) is 1.59. The van der Waals surface area contributed by atoms with E-state index in [1.165, 1.54) is 0 Å². The van der Waals surface area contributed by atoms with Gasteiger partial charge in [-0.25, -0.2) is 8.78 Å². The number of amides is 1. The summed E-state index contributed by atoms with van der Waals surface area (Å²) in [5.74, 6) is -0.797. The summed E-state index contributed by atoms with van der Waals surface area (Å²) in [4.78, 5) is 11.9. The van der Waals surface area contributed by atoms with Gasteiger partial charge in [0.2, 0.25) is 11.8 Å². The number of anilines is 1. The Hall–Kier alpha value is -2.94. The molecule has 0 radical (unpaired) electrons. The molecule has 3 rings (SSSR count). The first-order valence-electron chi connectivity index (χ1n) is 7.86. The van der Waals surface area contributed by atoms with E-state index in [2.05, 4.69) is 15.5 Å². The minimum atomic E-state index is -0.714. The zero-order valence-electron chi connectivity index (χ0n) is 14.2. The van der Waals surface area contributed by atoms with Crippen LogP contribution in [-0.2, 0) is 11.2 Å². The quantitative estimate of drug-likeness (QED) is 0.619. The average molecular weight is 391 g/mol. The van der Waals surface area contributed by atoms with Crippen LogP contribution in [0.15, 0.2) is 52.1 Å². The molecule has 1 N–H and O–H groups in total. The second kappa shape index (κ2) is 8.63. The number of hydrogen-bond donors (Lipinski definition) is 1. The highest BCUT2D eigenvalue weighted by Crippen LogP contribution is 2.20. The molecule has 0 fully saturated rings. The number of carbonyl (C=O) groups excluding carboxylic acids is 1. The van der Waals surface area contributed by atoms with Crippen LogP contribution in [0.1, 0.15) is 11.5 Å². The number of aromatic nitrogens is 2. The fraction of sp³-hybridized carbons (Fsp3) is 0.167. The first kappa shape index (κ1) is 18.8. The van der Waals surface area contributed by atoms with Crippen LogP contribution < -0.4 is 10.1 Å². The first-order valence-corrected chi connectivity index (χ1v) is 8.85. The molecule has 140 valence electrons. The van der Waals surface area contributed by atoms with Crippen LogP contribution in [0.5, 0.6) is 5.75 Å². The van der Waals surface area contributed by atoms with Crippen LogP contribution in [-0.4, -0.2) is 29.0 Å². The summed E-state index contributed by atoms with van der Waals surface area (Å²) in [6.07, 6.45) is 0.443. The number of rotatable bonds is 7. The number of nitrogens with one attached hydrogen (secondary N) is 1. The molecular weight excluding hydrogens is 376 g/mol. The first-order chi connectivity index (χ1) is 13.0. The highest BCUT2D eigenvalue weighted by Gasteiger charge is 2.12. The summed E-state index contributed by atoms with van der Waals surface area (Å²) < 4.78 is 37.2. The van der Waals surface area contributed by atoms with Crippen molar-refractivity contribution in [3.05, 3.63) is 65.6 Å². The molecule has 0 aliphatic rings. The Morgan fingerprint density at radius 2 is 1.96 bits per heavy atom. The van der Waals surface area contributed by atoms with E-state index < -0.39 is 17.5 Å². The smallest absolute Gasteiger partial charge is 0.277 e. The Labute approximate surface area is 157 Å². The number of ether oxygens (including phenoxy) is 1. The van der Waals surface area contributed by atoms with Gasteiger partial charge < -0.3 is 14.5 Å². The number of halogens is 2. The summed E-state index contributed by atoms with van der Waals surface area (Å²) in [6.45, 7) is 0. The number of methoxy groups -OCH3 is 1. The molecule has 0 aliphatic heterocycles. The van der Waals surface area contributed by atoms with Gasteiger partial charge in [0.05, 0.1) is 25.0 Å². The standard InChI is InChI=1S/C18H15F2N3O3S/c1-25-13-5-2-11(3-6-13)8-17-22-23-18(26-17)27-10-16(24)21-15-9-12(19)4-7-14(15)20/h2-7,9H,8,10H2,1H3,(H,21,24). The van der Waals surface area contributed by atoms with Gasteiger partial charge in [0, 0.05) is 6.07 Å². The highest BCUT2D eigenvalue weighted by atomic mass is 32.2. The third-order valence-electron chi connectivity index (χ3n) is 3.49. The van der Waals surface area contributed by atoms with Crippen LogP contribution in [0.3, 0.4) is 0 Å². The lowest BCUT2D eigenvalue weighted by Crippen LogP contribution is -2.15. The predicted molar refractivity (Wildman–Crippen MR) is 95.8 cm³/mol. The van der Waals surface area contributed by atoms with E-state index in [0.717, 1.165) is 41.3 Å². The Balaban J connectivity index is 1.52. The van der Waals surface area contributed by atoms with Gasteiger partial charge in [-0.15, -0.1) is 10.2 Å². The maximum atomic E-state index is 13.5. The summed E-state index contributed by atoms with van der Waals surface area (Å²) in [5.41, 5.74) is 0.752. The summed E-state index contributed by atoms with van der Waals surface area (Å²) >= 11 is 1.01. The highest BCUT2D eigenvalue weighted by molar-refractivity contribution is 7.99. The van der Waals surface area contributed by atoms with Gasteiger partial charge in [0.25, 0.3) is 5.22 Å². The largest absolute Gasteiger partial charge is 0.497 e. The van der Waals surface area contributed by atoms with Crippen molar-refractivity contribution < 1.29 is 22.7 Å². The molecule has 0 aliphatic carbocycles. The topological polar surface area (TPSA) is 77.2 Å². The van der Waals surface area contributed by atoms with Gasteiger partial charge in [0.15, 0.2) is 0 Å².